The van der Waals surface area contributed by atoms with E-state index >= 15 is 0 Å². The second-order valence-corrected chi connectivity index (χ2v) is 3.44. The van der Waals surface area contributed by atoms with Crippen molar-refractivity contribution < 1.29 is 10.0 Å². The molecule has 16 heavy (non-hydrogen) atoms. The number of rotatable bonds is 3. The third-order valence-electron chi connectivity index (χ3n) is 1.95. The van der Waals surface area contributed by atoms with Crippen molar-refractivity contribution in [1.29, 1.82) is 5.26 Å². The Balaban J connectivity index is 3.31. The molecule has 1 aromatic carbocycles. The molecule has 0 aliphatic rings. The lowest BCUT2D eigenvalue weighted by atomic mass is 10.0. The van der Waals surface area contributed by atoms with Gasteiger partial charge >= 0.3 is 0 Å². The Morgan fingerprint density at radius 1 is 1.69 bits per heavy atom. The Morgan fingerprint density at radius 2 is 2.31 bits per heavy atom. The van der Waals surface area contributed by atoms with Crippen molar-refractivity contribution in [2.24, 2.45) is 0 Å². The van der Waals surface area contributed by atoms with Crippen LogP contribution in [0.4, 0.5) is 5.69 Å². The molecular formula is C10H7ClN2O3. The number of halogens is 1. The van der Waals surface area contributed by atoms with Crippen molar-refractivity contribution in [1.82, 2.24) is 0 Å². The molecule has 0 amide bonds. The van der Waals surface area contributed by atoms with Crippen molar-refractivity contribution >= 4 is 17.3 Å². The predicted octanol–water partition coefficient (Wildman–Crippen LogP) is 2.36. The Bertz CT molecular complexity index is 493. The van der Waals surface area contributed by atoms with Gasteiger partial charge in [0, 0.05) is 11.1 Å². The largest absolute Gasteiger partial charge is 0.383 e. The highest BCUT2D eigenvalue weighted by Crippen LogP contribution is 2.31. The van der Waals surface area contributed by atoms with Crippen molar-refractivity contribution in [3.8, 4) is 6.07 Å². The van der Waals surface area contributed by atoms with E-state index in [0.717, 1.165) is 0 Å². The van der Waals surface area contributed by atoms with Gasteiger partial charge in [-0.25, -0.2) is 0 Å². The van der Waals surface area contributed by atoms with Crippen molar-refractivity contribution in [3.63, 3.8) is 0 Å². The summed E-state index contributed by atoms with van der Waals surface area (Å²) in [6, 6.07) is 5.39. The molecule has 0 spiro atoms. The summed E-state index contributed by atoms with van der Waals surface area (Å²) in [6.45, 7) is 3.30. The molecule has 0 aliphatic carbocycles. The van der Waals surface area contributed by atoms with E-state index in [0.29, 0.717) is 0 Å². The van der Waals surface area contributed by atoms with E-state index in [4.69, 9.17) is 16.9 Å². The molecule has 6 heteroatoms. The number of nitrogens with zero attached hydrogens (tertiary/aromatic N) is 2. The molecule has 0 aromatic heterocycles. The van der Waals surface area contributed by atoms with Crippen molar-refractivity contribution in [3.05, 3.63) is 51.1 Å². The zero-order valence-electron chi connectivity index (χ0n) is 8.05. The van der Waals surface area contributed by atoms with E-state index in [-0.39, 0.29) is 21.8 Å². The van der Waals surface area contributed by atoms with Gasteiger partial charge in [-0.1, -0.05) is 18.2 Å². The van der Waals surface area contributed by atoms with Gasteiger partial charge in [0.15, 0.2) is 0 Å². The predicted molar refractivity (Wildman–Crippen MR) is 57.8 cm³/mol. The van der Waals surface area contributed by atoms with Gasteiger partial charge in [0.1, 0.15) is 6.10 Å². The molecule has 0 radical (unpaired) electrons. The Labute approximate surface area is 96.3 Å². The van der Waals surface area contributed by atoms with E-state index in [1.807, 2.05) is 0 Å². The zero-order valence-corrected chi connectivity index (χ0v) is 8.81. The van der Waals surface area contributed by atoms with Crippen LogP contribution in [0, 0.1) is 21.4 Å². The molecule has 0 bridgehead atoms. The fraction of sp³-hybridized carbons (Fsp3) is 0.100. The smallest absolute Gasteiger partial charge is 0.275 e. The molecule has 1 N–H and O–H groups in total. The van der Waals surface area contributed by atoms with Crippen LogP contribution in [0.2, 0.25) is 5.02 Å². The van der Waals surface area contributed by atoms with Gasteiger partial charge in [-0.15, -0.1) is 0 Å². The molecule has 1 rings (SSSR count). The highest BCUT2D eigenvalue weighted by Gasteiger charge is 2.22. The molecular weight excluding hydrogens is 232 g/mol. The maximum atomic E-state index is 10.7. The standard InChI is InChI=1S/C10H7ClN2O3/c1-6(5-12)10(14)8-4-7(11)2-3-9(8)13(15)16/h2-4,10,14H,1H2. The number of benzene rings is 1. The summed E-state index contributed by atoms with van der Waals surface area (Å²) in [5, 5.41) is 29.1. The number of aliphatic hydroxyl groups excluding tert-OH is 1. The van der Waals surface area contributed by atoms with Crippen LogP contribution in [-0.2, 0) is 0 Å². The number of nitro groups is 1. The third-order valence-corrected chi connectivity index (χ3v) is 2.19. The molecule has 0 aliphatic heterocycles. The summed E-state index contributed by atoms with van der Waals surface area (Å²) in [4.78, 5) is 10.0. The Kier molecular flexibility index (Phi) is 3.61. The third kappa shape index (κ3) is 2.37. The number of hydrogen-bond donors (Lipinski definition) is 1. The molecule has 5 nitrogen and oxygen atoms in total. The lowest BCUT2D eigenvalue weighted by molar-refractivity contribution is -0.386. The number of aliphatic hydroxyl groups is 1. The van der Waals surface area contributed by atoms with Gasteiger partial charge < -0.3 is 5.11 Å². The molecule has 1 aromatic rings. The highest BCUT2D eigenvalue weighted by atomic mass is 35.5. The number of nitriles is 1. The van der Waals surface area contributed by atoms with Gasteiger partial charge in [-0.05, 0) is 12.1 Å². The van der Waals surface area contributed by atoms with Crippen molar-refractivity contribution in [2.75, 3.05) is 0 Å². The minimum absolute atomic E-state index is 0.0379. The number of hydrogen-bond acceptors (Lipinski definition) is 4. The molecule has 0 heterocycles. The summed E-state index contributed by atoms with van der Waals surface area (Å²) >= 11 is 5.67. The van der Waals surface area contributed by atoms with Crippen LogP contribution >= 0.6 is 11.6 Å². The van der Waals surface area contributed by atoms with Gasteiger partial charge in [0.05, 0.1) is 22.1 Å². The van der Waals surface area contributed by atoms with Crippen LogP contribution in [0.25, 0.3) is 0 Å². The first-order valence-electron chi connectivity index (χ1n) is 4.18. The minimum atomic E-state index is -1.41. The summed E-state index contributed by atoms with van der Waals surface area (Å²) in [7, 11) is 0. The SMILES string of the molecule is C=C(C#N)C(O)c1cc(Cl)ccc1[N+](=O)[O-]. The first kappa shape index (κ1) is 12.2. The summed E-state index contributed by atoms with van der Waals surface area (Å²) in [6.07, 6.45) is -1.41. The molecule has 0 saturated carbocycles. The molecule has 82 valence electrons. The van der Waals surface area contributed by atoms with Gasteiger partial charge in [-0.2, -0.15) is 5.26 Å². The second-order valence-electron chi connectivity index (χ2n) is 3.00. The first-order chi connectivity index (χ1) is 7.47. The van der Waals surface area contributed by atoms with Gasteiger partial charge in [0.2, 0.25) is 0 Å². The van der Waals surface area contributed by atoms with E-state index in [2.05, 4.69) is 6.58 Å². The van der Waals surface area contributed by atoms with Crippen LogP contribution in [0.5, 0.6) is 0 Å². The van der Waals surface area contributed by atoms with E-state index in [9.17, 15) is 15.2 Å². The molecule has 1 unspecified atom stereocenters. The van der Waals surface area contributed by atoms with Crippen LogP contribution in [0.1, 0.15) is 11.7 Å². The monoisotopic (exact) mass is 238 g/mol. The normalized spacial score (nSPS) is 11.6. The average molecular weight is 239 g/mol. The van der Waals surface area contributed by atoms with E-state index in [1.54, 1.807) is 6.07 Å². The molecule has 0 fully saturated rings. The second kappa shape index (κ2) is 4.75. The Hall–Kier alpha value is -1.90. The fourth-order valence-electron chi connectivity index (χ4n) is 1.16. The van der Waals surface area contributed by atoms with E-state index < -0.39 is 11.0 Å². The van der Waals surface area contributed by atoms with E-state index in [1.165, 1.54) is 18.2 Å². The van der Waals surface area contributed by atoms with Crippen molar-refractivity contribution in [2.45, 2.75) is 6.10 Å². The summed E-state index contributed by atoms with van der Waals surface area (Å²) in [5.74, 6) is 0. The number of nitro benzene ring substituents is 1. The maximum absolute atomic E-state index is 10.7. The zero-order chi connectivity index (χ0) is 12.3. The average Bonchev–Trinajstić information content (AvgIpc) is 2.26. The van der Waals surface area contributed by atoms with Crippen LogP contribution in [-0.4, -0.2) is 10.0 Å². The van der Waals surface area contributed by atoms with Crippen LogP contribution in [0.3, 0.4) is 0 Å². The fourth-order valence-corrected chi connectivity index (χ4v) is 1.34. The highest BCUT2D eigenvalue weighted by molar-refractivity contribution is 6.30. The lowest BCUT2D eigenvalue weighted by Crippen LogP contribution is -2.03. The quantitative estimate of drug-likeness (QED) is 0.497. The van der Waals surface area contributed by atoms with Crippen LogP contribution < -0.4 is 0 Å². The topological polar surface area (TPSA) is 87.2 Å². The minimum Gasteiger partial charge on any atom is -0.383 e. The maximum Gasteiger partial charge on any atom is 0.275 e. The lowest BCUT2D eigenvalue weighted by Gasteiger charge is -2.09. The first-order valence-corrected chi connectivity index (χ1v) is 4.56. The van der Waals surface area contributed by atoms with Gasteiger partial charge in [0.25, 0.3) is 5.69 Å². The van der Waals surface area contributed by atoms with Gasteiger partial charge in [-0.3, -0.25) is 10.1 Å². The summed E-state index contributed by atoms with van der Waals surface area (Å²) < 4.78 is 0. The summed E-state index contributed by atoms with van der Waals surface area (Å²) in [5.41, 5.74) is -0.511. The molecule has 1 atom stereocenters. The Morgan fingerprint density at radius 3 is 2.81 bits per heavy atom. The van der Waals surface area contributed by atoms with Crippen LogP contribution in [0.15, 0.2) is 30.4 Å². The molecule has 0 saturated heterocycles.